The van der Waals surface area contributed by atoms with E-state index in [0.717, 1.165) is 23.9 Å². The van der Waals surface area contributed by atoms with E-state index in [2.05, 4.69) is 9.88 Å². The second-order valence-corrected chi connectivity index (χ2v) is 8.11. The number of hydrogen-bond acceptors (Lipinski definition) is 6. The monoisotopic (exact) mass is 386 g/mol. The Morgan fingerprint density at radius 3 is 2.57 bits per heavy atom. The van der Waals surface area contributed by atoms with Gasteiger partial charge in [0.25, 0.3) is 5.88 Å². The number of benzene rings is 1. The number of carbonyl (C=O) groups excluding carboxylic acids is 1. The third-order valence-corrected chi connectivity index (χ3v) is 4.73. The molecular formula is C21H30N4O3. The van der Waals surface area contributed by atoms with Gasteiger partial charge < -0.3 is 19.3 Å². The second-order valence-electron chi connectivity index (χ2n) is 8.11. The molecule has 0 saturated carbocycles. The number of carbonyl (C=O) groups is 1. The van der Waals surface area contributed by atoms with Crippen LogP contribution in [0.2, 0.25) is 0 Å². The van der Waals surface area contributed by atoms with Gasteiger partial charge in [0.1, 0.15) is 5.60 Å². The predicted octanol–water partition coefficient (Wildman–Crippen LogP) is 3.86. The summed E-state index contributed by atoms with van der Waals surface area (Å²) in [4.78, 5) is 25.8. The van der Waals surface area contributed by atoms with E-state index in [1.165, 1.54) is 0 Å². The Kier molecular flexibility index (Phi) is 5.91. The first-order chi connectivity index (χ1) is 13.3. The van der Waals surface area contributed by atoms with Crippen LogP contribution in [-0.4, -0.2) is 59.3 Å². The standard InChI is InChI=1S/C21H30N4O3/c1-6-27-19-18(22-16-11-7-8-12-17(16)23-19)24(5)15-10-9-13-25(14-15)20(26)28-21(2,3)4/h7-8,11-12,15H,6,9-10,13-14H2,1-5H3. The van der Waals surface area contributed by atoms with Gasteiger partial charge in [-0.05, 0) is 52.7 Å². The molecular weight excluding hydrogens is 356 g/mol. The number of likely N-dealkylation sites (tertiary alicyclic amines) is 1. The van der Waals surface area contributed by atoms with Gasteiger partial charge in [-0.3, -0.25) is 0 Å². The number of aromatic nitrogens is 2. The maximum atomic E-state index is 12.5. The molecule has 7 nitrogen and oxygen atoms in total. The fourth-order valence-electron chi connectivity index (χ4n) is 3.37. The van der Waals surface area contributed by atoms with Crippen LogP contribution in [0.25, 0.3) is 11.0 Å². The summed E-state index contributed by atoms with van der Waals surface area (Å²) in [6, 6.07) is 7.89. The average Bonchev–Trinajstić information content (AvgIpc) is 2.66. The van der Waals surface area contributed by atoms with Crippen molar-refractivity contribution in [1.82, 2.24) is 14.9 Å². The summed E-state index contributed by atoms with van der Waals surface area (Å²) >= 11 is 0. The summed E-state index contributed by atoms with van der Waals surface area (Å²) in [6.45, 7) is 9.41. The zero-order valence-electron chi connectivity index (χ0n) is 17.4. The molecule has 2 aromatic rings. The van der Waals surface area contributed by atoms with Crippen molar-refractivity contribution in [3.05, 3.63) is 24.3 Å². The summed E-state index contributed by atoms with van der Waals surface area (Å²) in [5.41, 5.74) is 1.14. The molecule has 7 heteroatoms. The van der Waals surface area contributed by atoms with Crippen LogP contribution < -0.4 is 9.64 Å². The number of fused-ring (bicyclic) bond motifs is 1. The van der Waals surface area contributed by atoms with Gasteiger partial charge in [0.15, 0.2) is 5.82 Å². The van der Waals surface area contributed by atoms with Crippen LogP contribution in [0.4, 0.5) is 10.6 Å². The van der Waals surface area contributed by atoms with Crippen LogP contribution in [0.5, 0.6) is 5.88 Å². The third kappa shape index (κ3) is 4.64. The fraction of sp³-hybridized carbons (Fsp3) is 0.571. The molecule has 0 aliphatic carbocycles. The van der Waals surface area contributed by atoms with Gasteiger partial charge in [-0.2, -0.15) is 0 Å². The van der Waals surface area contributed by atoms with Crippen molar-refractivity contribution in [3.8, 4) is 5.88 Å². The number of rotatable bonds is 4. The minimum absolute atomic E-state index is 0.121. The SMILES string of the molecule is CCOc1nc2ccccc2nc1N(C)C1CCCN(C(=O)OC(C)(C)C)C1. The summed E-state index contributed by atoms with van der Waals surface area (Å²) in [7, 11) is 1.99. The molecule has 1 aromatic heterocycles. The van der Waals surface area contributed by atoms with Crippen molar-refractivity contribution >= 4 is 22.9 Å². The Morgan fingerprint density at radius 1 is 1.25 bits per heavy atom. The van der Waals surface area contributed by atoms with Crippen molar-refractivity contribution in [1.29, 1.82) is 0 Å². The van der Waals surface area contributed by atoms with Crippen LogP contribution in [0.3, 0.4) is 0 Å². The molecule has 0 radical (unpaired) electrons. The van der Waals surface area contributed by atoms with Crippen LogP contribution in [-0.2, 0) is 4.74 Å². The molecule has 28 heavy (non-hydrogen) atoms. The molecule has 1 aliphatic heterocycles. The molecule has 1 unspecified atom stereocenters. The average molecular weight is 386 g/mol. The summed E-state index contributed by atoms with van der Waals surface area (Å²) < 4.78 is 11.3. The molecule has 1 saturated heterocycles. The Labute approximate surface area is 166 Å². The summed E-state index contributed by atoms with van der Waals surface area (Å²) in [5.74, 6) is 1.23. The molecule has 1 aliphatic rings. The largest absolute Gasteiger partial charge is 0.475 e. The van der Waals surface area contributed by atoms with E-state index < -0.39 is 5.60 Å². The zero-order valence-corrected chi connectivity index (χ0v) is 17.4. The highest BCUT2D eigenvalue weighted by atomic mass is 16.6. The Balaban J connectivity index is 1.83. The maximum absolute atomic E-state index is 12.5. The minimum Gasteiger partial charge on any atom is -0.475 e. The Morgan fingerprint density at radius 2 is 1.93 bits per heavy atom. The molecule has 2 heterocycles. The molecule has 0 bridgehead atoms. The summed E-state index contributed by atoms with van der Waals surface area (Å²) in [5, 5.41) is 0. The number of para-hydroxylation sites is 2. The molecule has 0 N–H and O–H groups in total. The number of ether oxygens (including phenoxy) is 2. The Bertz CT molecular complexity index is 834. The first-order valence-corrected chi connectivity index (χ1v) is 9.89. The van der Waals surface area contributed by atoms with E-state index in [1.54, 1.807) is 4.90 Å². The van der Waals surface area contributed by atoms with Gasteiger partial charge in [0, 0.05) is 26.2 Å². The zero-order chi connectivity index (χ0) is 20.3. The van der Waals surface area contributed by atoms with E-state index in [9.17, 15) is 4.79 Å². The third-order valence-electron chi connectivity index (χ3n) is 4.73. The van der Waals surface area contributed by atoms with Crippen LogP contribution in [0, 0.1) is 0 Å². The molecule has 1 fully saturated rings. The quantitative estimate of drug-likeness (QED) is 0.795. The maximum Gasteiger partial charge on any atom is 0.410 e. The van der Waals surface area contributed by atoms with E-state index in [0.29, 0.717) is 31.4 Å². The predicted molar refractivity (Wildman–Crippen MR) is 110 cm³/mol. The lowest BCUT2D eigenvalue weighted by molar-refractivity contribution is 0.0199. The van der Waals surface area contributed by atoms with Crippen molar-refractivity contribution in [3.63, 3.8) is 0 Å². The van der Waals surface area contributed by atoms with Crippen molar-refractivity contribution in [2.45, 2.75) is 52.2 Å². The number of amides is 1. The normalized spacial score (nSPS) is 17.5. The highest BCUT2D eigenvalue weighted by Crippen LogP contribution is 2.30. The number of piperidine rings is 1. The van der Waals surface area contributed by atoms with Crippen molar-refractivity contribution in [2.24, 2.45) is 0 Å². The van der Waals surface area contributed by atoms with Crippen LogP contribution >= 0.6 is 0 Å². The molecule has 1 amide bonds. The van der Waals surface area contributed by atoms with Gasteiger partial charge in [-0.25, -0.2) is 14.8 Å². The van der Waals surface area contributed by atoms with E-state index >= 15 is 0 Å². The minimum atomic E-state index is -0.498. The molecule has 1 aromatic carbocycles. The lowest BCUT2D eigenvalue weighted by Gasteiger charge is -2.38. The van der Waals surface area contributed by atoms with Gasteiger partial charge in [-0.15, -0.1) is 0 Å². The number of anilines is 1. The van der Waals surface area contributed by atoms with Gasteiger partial charge >= 0.3 is 6.09 Å². The molecule has 1 atom stereocenters. The second kappa shape index (κ2) is 8.20. The number of hydrogen-bond donors (Lipinski definition) is 0. The fourth-order valence-corrected chi connectivity index (χ4v) is 3.37. The lowest BCUT2D eigenvalue weighted by atomic mass is 10.0. The number of nitrogens with zero attached hydrogens (tertiary/aromatic N) is 4. The molecule has 3 rings (SSSR count). The smallest absolute Gasteiger partial charge is 0.410 e. The van der Waals surface area contributed by atoms with Gasteiger partial charge in [0.2, 0.25) is 0 Å². The Hall–Kier alpha value is -2.57. The van der Waals surface area contributed by atoms with Crippen LogP contribution in [0.1, 0.15) is 40.5 Å². The van der Waals surface area contributed by atoms with Crippen LogP contribution in [0.15, 0.2) is 24.3 Å². The van der Waals surface area contributed by atoms with E-state index in [-0.39, 0.29) is 12.1 Å². The highest BCUT2D eigenvalue weighted by molar-refractivity contribution is 5.77. The summed E-state index contributed by atoms with van der Waals surface area (Å²) in [6.07, 6.45) is 1.62. The van der Waals surface area contributed by atoms with Crippen molar-refractivity contribution in [2.75, 3.05) is 31.6 Å². The lowest BCUT2D eigenvalue weighted by Crippen LogP contribution is -2.50. The highest BCUT2D eigenvalue weighted by Gasteiger charge is 2.31. The molecule has 0 spiro atoms. The molecule has 152 valence electrons. The van der Waals surface area contributed by atoms with E-state index in [4.69, 9.17) is 14.5 Å². The number of likely N-dealkylation sites (N-methyl/N-ethyl adjacent to an activating group) is 1. The van der Waals surface area contributed by atoms with Crippen molar-refractivity contribution < 1.29 is 14.3 Å². The first-order valence-electron chi connectivity index (χ1n) is 9.89. The van der Waals surface area contributed by atoms with Gasteiger partial charge in [-0.1, -0.05) is 12.1 Å². The van der Waals surface area contributed by atoms with Gasteiger partial charge in [0.05, 0.1) is 17.6 Å². The topological polar surface area (TPSA) is 67.8 Å². The van der Waals surface area contributed by atoms with E-state index in [1.807, 2.05) is 59.0 Å². The first kappa shape index (κ1) is 20.2.